The Kier molecular flexibility index (Phi) is 3.75. The van der Waals surface area contributed by atoms with Crippen molar-refractivity contribution in [3.8, 4) is 11.3 Å². The summed E-state index contributed by atoms with van der Waals surface area (Å²) in [5.74, 6) is -0.406. The molecule has 0 bridgehead atoms. The second-order valence-corrected chi connectivity index (χ2v) is 5.39. The third-order valence-electron chi connectivity index (χ3n) is 3.10. The monoisotopic (exact) mass is 344 g/mol. The van der Waals surface area contributed by atoms with Crippen molar-refractivity contribution in [1.82, 2.24) is 9.38 Å². The summed E-state index contributed by atoms with van der Waals surface area (Å²) in [5, 5.41) is 0. The van der Waals surface area contributed by atoms with Crippen LogP contribution in [-0.2, 0) is 4.74 Å². The van der Waals surface area contributed by atoms with Gasteiger partial charge in [-0.05, 0) is 35.0 Å². The highest BCUT2D eigenvalue weighted by Gasteiger charge is 2.21. The Hall–Kier alpha value is -2.14. The second-order valence-electron chi connectivity index (χ2n) is 4.47. The smallest absolute Gasteiger partial charge is 0.359 e. The summed E-state index contributed by atoms with van der Waals surface area (Å²) in [4.78, 5) is 16.6. The molecule has 0 aliphatic heterocycles. The first kappa shape index (κ1) is 13.8. The number of benzene rings is 1. The van der Waals surface area contributed by atoms with Crippen LogP contribution < -0.4 is 0 Å². The number of hydrogen-bond donors (Lipinski definition) is 0. The lowest BCUT2D eigenvalue weighted by Crippen LogP contribution is -2.07. The van der Waals surface area contributed by atoms with E-state index in [1.807, 2.05) is 53.1 Å². The molecule has 0 atom stereocenters. The van der Waals surface area contributed by atoms with E-state index in [-0.39, 0.29) is 0 Å². The Bertz CT molecular complexity index is 797. The van der Waals surface area contributed by atoms with E-state index >= 15 is 0 Å². The summed E-state index contributed by atoms with van der Waals surface area (Å²) in [6.07, 6.45) is 1.90. The number of hydrogen-bond acceptors (Lipinski definition) is 3. The lowest BCUT2D eigenvalue weighted by Gasteiger charge is -2.05. The molecule has 5 heteroatoms. The molecule has 0 unspecified atom stereocenters. The van der Waals surface area contributed by atoms with Gasteiger partial charge in [0.1, 0.15) is 5.65 Å². The van der Waals surface area contributed by atoms with Gasteiger partial charge in [-0.1, -0.05) is 30.3 Å². The molecule has 3 rings (SSSR count). The predicted octanol–water partition coefficient (Wildman–Crippen LogP) is 3.94. The van der Waals surface area contributed by atoms with Crippen molar-refractivity contribution < 1.29 is 9.53 Å². The van der Waals surface area contributed by atoms with Gasteiger partial charge in [0.2, 0.25) is 0 Å². The van der Waals surface area contributed by atoms with E-state index in [1.165, 1.54) is 0 Å². The number of nitrogens with zero attached hydrogens (tertiary/aromatic N) is 2. The van der Waals surface area contributed by atoms with Gasteiger partial charge in [0.25, 0.3) is 0 Å². The van der Waals surface area contributed by atoms with Crippen molar-refractivity contribution in [2.45, 2.75) is 6.92 Å². The van der Waals surface area contributed by atoms with Crippen LogP contribution in [0.4, 0.5) is 0 Å². The van der Waals surface area contributed by atoms with Crippen LogP contribution in [0, 0.1) is 0 Å². The molecule has 0 saturated carbocycles. The standard InChI is InChI=1S/C16H13BrN2O2/c1-2-21-16(20)14-15(11-6-4-3-5-7-11)19-10-12(17)8-9-13(19)18-14/h3-10H,2H2,1H3. The first-order valence-corrected chi connectivity index (χ1v) is 7.40. The van der Waals surface area contributed by atoms with Gasteiger partial charge >= 0.3 is 5.97 Å². The minimum Gasteiger partial charge on any atom is -0.461 e. The number of imidazole rings is 1. The molecule has 2 heterocycles. The summed E-state index contributed by atoms with van der Waals surface area (Å²) in [5.41, 5.74) is 2.71. The van der Waals surface area contributed by atoms with Crippen LogP contribution in [0.1, 0.15) is 17.4 Å². The maximum absolute atomic E-state index is 12.2. The average Bonchev–Trinajstić information content (AvgIpc) is 2.87. The molecule has 0 spiro atoms. The number of halogens is 1. The normalized spacial score (nSPS) is 10.8. The van der Waals surface area contributed by atoms with Crippen LogP contribution in [0.5, 0.6) is 0 Å². The third kappa shape index (κ3) is 2.56. The van der Waals surface area contributed by atoms with E-state index in [2.05, 4.69) is 20.9 Å². The van der Waals surface area contributed by atoms with E-state index in [1.54, 1.807) is 6.92 Å². The number of pyridine rings is 1. The minimum absolute atomic E-state index is 0.324. The molecular weight excluding hydrogens is 332 g/mol. The molecule has 21 heavy (non-hydrogen) atoms. The number of carbonyl (C=O) groups is 1. The van der Waals surface area contributed by atoms with E-state index in [4.69, 9.17) is 4.74 Å². The van der Waals surface area contributed by atoms with Gasteiger partial charge in [0.05, 0.1) is 12.3 Å². The van der Waals surface area contributed by atoms with Crippen LogP contribution in [0.25, 0.3) is 16.9 Å². The van der Waals surface area contributed by atoms with Gasteiger partial charge in [-0.2, -0.15) is 0 Å². The number of aromatic nitrogens is 2. The summed E-state index contributed by atoms with van der Waals surface area (Å²) in [6.45, 7) is 2.11. The molecular formula is C16H13BrN2O2. The average molecular weight is 345 g/mol. The molecule has 0 aliphatic carbocycles. The van der Waals surface area contributed by atoms with Gasteiger partial charge in [-0.25, -0.2) is 9.78 Å². The summed E-state index contributed by atoms with van der Waals surface area (Å²) in [7, 11) is 0. The molecule has 0 radical (unpaired) electrons. The maximum Gasteiger partial charge on any atom is 0.359 e. The van der Waals surface area contributed by atoms with Crippen molar-refractivity contribution in [3.63, 3.8) is 0 Å². The van der Waals surface area contributed by atoms with Crippen molar-refractivity contribution in [1.29, 1.82) is 0 Å². The molecule has 0 fully saturated rings. The van der Waals surface area contributed by atoms with Gasteiger partial charge < -0.3 is 4.74 Å². The highest BCUT2D eigenvalue weighted by molar-refractivity contribution is 9.10. The summed E-state index contributed by atoms with van der Waals surface area (Å²) < 4.78 is 7.93. The quantitative estimate of drug-likeness (QED) is 0.676. The minimum atomic E-state index is -0.406. The Morgan fingerprint density at radius 2 is 2.00 bits per heavy atom. The van der Waals surface area contributed by atoms with Gasteiger partial charge in [0.15, 0.2) is 5.69 Å². The van der Waals surface area contributed by atoms with Crippen LogP contribution in [0.2, 0.25) is 0 Å². The maximum atomic E-state index is 12.2. The fourth-order valence-corrected chi connectivity index (χ4v) is 2.57. The first-order chi connectivity index (χ1) is 10.2. The number of rotatable bonds is 3. The molecule has 3 aromatic rings. The van der Waals surface area contributed by atoms with Crippen LogP contribution in [-0.4, -0.2) is 22.0 Å². The summed E-state index contributed by atoms with van der Waals surface area (Å²) >= 11 is 3.45. The molecule has 0 amide bonds. The SMILES string of the molecule is CCOC(=O)c1nc2ccc(Br)cn2c1-c1ccccc1. The van der Waals surface area contributed by atoms with Crippen molar-refractivity contribution in [3.05, 3.63) is 58.8 Å². The zero-order chi connectivity index (χ0) is 14.8. The lowest BCUT2D eigenvalue weighted by molar-refractivity contribution is 0.0521. The van der Waals surface area contributed by atoms with Crippen LogP contribution >= 0.6 is 15.9 Å². The molecule has 0 N–H and O–H groups in total. The van der Waals surface area contributed by atoms with Crippen molar-refractivity contribution >= 4 is 27.5 Å². The Morgan fingerprint density at radius 1 is 1.24 bits per heavy atom. The molecule has 0 saturated heterocycles. The topological polar surface area (TPSA) is 43.6 Å². The van der Waals surface area contributed by atoms with Gasteiger partial charge in [-0.3, -0.25) is 4.40 Å². The second kappa shape index (κ2) is 5.69. The number of fused-ring (bicyclic) bond motifs is 1. The van der Waals surface area contributed by atoms with Crippen molar-refractivity contribution in [2.24, 2.45) is 0 Å². The lowest BCUT2D eigenvalue weighted by atomic mass is 10.1. The molecule has 106 valence electrons. The molecule has 0 aliphatic rings. The molecule has 2 aromatic heterocycles. The van der Waals surface area contributed by atoms with Gasteiger partial charge in [0, 0.05) is 16.2 Å². The fraction of sp³-hybridized carbons (Fsp3) is 0.125. The highest BCUT2D eigenvalue weighted by Crippen LogP contribution is 2.27. The molecule has 4 nitrogen and oxygen atoms in total. The first-order valence-electron chi connectivity index (χ1n) is 6.61. The zero-order valence-corrected chi connectivity index (χ0v) is 13.0. The Labute approximate surface area is 130 Å². The number of esters is 1. The summed E-state index contributed by atoms with van der Waals surface area (Å²) in [6, 6.07) is 13.5. The van der Waals surface area contributed by atoms with E-state index in [0.717, 1.165) is 15.7 Å². The van der Waals surface area contributed by atoms with E-state index < -0.39 is 5.97 Å². The van der Waals surface area contributed by atoms with Gasteiger partial charge in [-0.15, -0.1) is 0 Å². The van der Waals surface area contributed by atoms with Crippen molar-refractivity contribution in [2.75, 3.05) is 6.61 Å². The fourth-order valence-electron chi connectivity index (χ4n) is 2.23. The third-order valence-corrected chi connectivity index (χ3v) is 3.57. The van der Waals surface area contributed by atoms with Crippen LogP contribution in [0.15, 0.2) is 53.1 Å². The predicted molar refractivity (Wildman–Crippen MR) is 84.3 cm³/mol. The Morgan fingerprint density at radius 3 is 2.71 bits per heavy atom. The zero-order valence-electron chi connectivity index (χ0n) is 11.4. The van der Waals surface area contributed by atoms with E-state index in [9.17, 15) is 4.79 Å². The number of carbonyl (C=O) groups excluding carboxylic acids is 1. The molecule has 1 aromatic carbocycles. The number of ether oxygens (including phenoxy) is 1. The van der Waals surface area contributed by atoms with Crippen LogP contribution in [0.3, 0.4) is 0 Å². The highest BCUT2D eigenvalue weighted by atomic mass is 79.9. The van der Waals surface area contributed by atoms with E-state index in [0.29, 0.717) is 17.9 Å². The largest absolute Gasteiger partial charge is 0.461 e. The Balaban J connectivity index is 2.29.